The molecule has 2 aliphatic rings. The van der Waals surface area contributed by atoms with Crippen LogP contribution in [0.5, 0.6) is 0 Å². The second kappa shape index (κ2) is 7.34. The molecule has 1 heterocycles. The Morgan fingerprint density at radius 3 is 2.53 bits per heavy atom. The number of nitrogens with zero attached hydrogens (tertiary/aromatic N) is 2. The summed E-state index contributed by atoms with van der Waals surface area (Å²) in [5, 5.41) is 3.41. The summed E-state index contributed by atoms with van der Waals surface area (Å²) in [4.78, 5) is 5.21. The molecule has 0 radical (unpaired) electrons. The van der Waals surface area contributed by atoms with Gasteiger partial charge in [0.05, 0.1) is 0 Å². The molecule has 1 aliphatic carbocycles. The zero-order chi connectivity index (χ0) is 11.9. The van der Waals surface area contributed by atoms with E-state index >= 15 is 0 Å². The third kappa shape index (κ3) is 4.57. The molecular weight excluding hydrogens is 210 g/mol. The van der Waals surface area contributed by atoms with Crippen LogP contribution in [0, 0.1) is 0 Å². The van der Waals surface area contributed by atoms with Crippen LogP contribution in [0.2, 0.25) is 0 Å². The van der Waals surface area contributed by atoms with Crippen molar-refractivity contribution in [3.8, 4) is 0 Å². The highest BCUT2D eigenvalue weighted by molar-refractivity contribution is 4.74. The molecular formula is C14H29N3. The van der Waals surface area contributed by atoms with Gasteiger partial charge < -0.3 is 15.1 Å². The van der Waals surface area contributed by atoms with Crippen molar-refractivity contribution in [3.05, 3.63) is 0 Å². The molecule has 1 saturated heterocycles. The van der Waals surface area contributed by atoms with E-state index < -0.39 is 0 Å². The predicted octanol–water partition coefficient (Wildman–Crippen LogP) is 1.55. The van der Waals surface area contributed by atoms with E-state index in [-0.39, 0.29) is 0 Å². The summed E-state index contributed by atoms with van der Waals surface area (Å²) in [6.45, 7) is 7.42. The van der Waals surface area contributed by atoms with Gasteiger partial charge in [0.15, 0.2) is 0 Å². The van der Waals surface area contributed by atoms with Gasteiger partial charge in [-0.15, -0.1) is 0 Å². The average molecular weight is 239 g/mol. The first-order chi connectivity index (χ1) is 8.36. The second-order valence-corrected chi connectivity index (χ2v) is 5.72. The van der Waals surface area contributed by atoms with Crippen molar-refractivity contribution in [2.45, 2.75) is 44.6 Å². The van der Waals surface area contributed by atoms with Gasteiger partial charge in [0.1, 0.15) is 0 Å². The van der Waals surface area contributed by atoms with E-state index in [2.05, 4.69) is 22.2 Å². The Balaban J connectivity index is 1.57. The van der Waals surface area contributed by atoms with Gasteiger partial charge in [-0.25, -0.2) is 0 Å². The summed E-state index contributed by atoms with van der Waals surface area (Å²) < 4.78 is 0. The van der Waals surface area contributed by atoms with Crippen LogP contribution in [0.15, 0.2) is 0 Å². The smallest absolute Gasteiger partial charge is 0.0107 e. The molecule has 3 nitrogen and oxygen atoms in total. The molecule has 0 spiro atoms. The topological polar surface area (TPSA) is 18.5 Å². The zero-order valence-electron chi connectivity index (χ0n) is 11.5. The highest BCUT2D eigenvalue weighted by atomic mass is 15.2. The molecule has 100 valence electrons. The third-order valence-corrected chi connectivity index (χ3v) is 4.39. The minimum atomic E-state index is 0.881. The van der Waals surface area contributed by atoms with Crippen LogP contribution in [0.1, 0.15) is 38.5 Å². The first kappa shape index (κ1) is 13.3. The zero-order valence-corrected chi connectivity index (χ0v) is 11.5. The van der Waals surface area contributed by atoms with Crippen molar-refractivity contribution >= 4 is 0 Å². The number of hydrogen-bond acceptors (Lipinski definition) is 3. The van der Waals surface area contributed by atoms with E-state index in [9.17, 15) is 0 Å². The maximum atomic E-state index is 3.41. The molecule has 0 aromatic carbocycles. The molecule has 1 saturated carbocycles. The number of hydrogen-bond donors (Lipinski definition) is 1. The molecule has 0 bridgehead atoms. The molecule has 0 aromatic rings. The summed E-state index contributed by atoms with van der Waals surface area (Å²) in [5.41, 5.74) is 0. The lowest BCUT2D eigenvalue weighted by Gasteiger charge is -2.32. The van der Waals surface area contributed by atoms with E-state index in [1.165, 1.54) is 77.8 Å². The molecule has 3 heteroatoms. The lowest BCUT2D eigenvalue weighted by Crippen LogP contribution is -2.44. The van der Waals surface area contributed by atoms with Crippen molar-refractivity contribution in [2.75, 3.05) is 46.3 Å². The molecule has 0 unspecified atom stereocenters. The fourth-order valence-corrected chi connectivity index (χ4v) is 3.18. The molecule has 17 heavy (non-hydrogen) atoms. The lowest BCUT2D eigenvalue weighted by atomic mass is 9.94. The van der Waals surface area contributed by atoms with Crippen LogP contribution >= 0.6 is 0 Å². The Bertz CT molecular complexity index is 196. The SMILES string of the molecule is CN(CCCN1CCNCC1)C1CCCCC1. The van der Waals surface area contributed by atoms with Gasteiger partial charge in [0.2, 0.25) is 0 Å². The van der Waals surface area contributed by atoms with E-state index in [1.807, 2.05) is 0 Å². The first-order valence-corrected chi connectivity index (χ1v) is 7.49. The summed E-state index contributed by atoms with van der Waals surface area (Å²) in [5.74, 6) is 0. The van der Waals surface area contributed by atoms with Gasteiger partial charge in [-0.3, -0.25) is 0 Å². The number of nitrogens with one attached hydrogen (secondary N) is 1. The maximum absolute atomic E-state index is 3.41. The van der Waals surface area contributed by atoms with Crippen LogP contribution in [-0.4, -0.2) is 62.2 Å². The Labute approximate surface area is 107 Å². The fraction of sp³-hybridized carbons (Fsp3) is 1.00. The van der Waals surface area contributed by atoms with Crippen molar-refractivity contribution in [1.29, 1.82) is 0 Å². The highest BCUT2D eigenvalue weighted by Gasteiger charge is 2.17. The molecule has 1 N–H and O–H groups in total. The van der Waals surface area contributed by atoms with E-state index in [0.717, 1.165) is 6.04 Å². The minimum absolute atomic E-state index is 0.881. The van der Waals surface area contributed by atoms with Gasteiger partial charge in [0, 0.05) is 32.2 Å². The van der Waals surface area contributed by atoms with Crippen molar-refractivity contribution in [2.24, 2.45) is 0 Å². The monoisotopic (exact) mass is 239 g/mol. The molecule has 2 fully saturated rings. The average Bonchev–Trinajstić information content (AvgIpc) is 2.41. The van der Waals surface area contributed by atoms with Gasteiger partial charge >= 0.3 is 0 Å². The van der Waals surface area contributed by atoms with Crippen LogP contribution in [0.4, 0.5) is 0 Å². The quantitative estimate of drug-likeness (QED) is 0.785. The Hall–Kier alpha value is -0.120. The van der Waals surface area contributed by atoms with Gasteiger partial charge in [-0.1, -0.05) is 19.3 Å². The summed E-state index contributed by atoms with van der Waals surface area (Å²) in [7, 11) is 2.33. The van der Waals surface area contributed by atoms with Gasteiger partial charge in [0.25, 0.3) is 0 Å². The Morgan fingerprint density at radius 1 is 1.12 bits per heavy atom. The van der Waals surface area contributed by atoms with Crippen molar-refractivity contribution in [3.63, 3.8) is 0 Å². The standard InChI is InChI=1S/C14H29N3/c1-16(14-6-3-2-4-7-14)10-5-11-17-12-8-15-9-13-17/h14-15H,2-13H2,1H3. The van der Waals surface area contributed by atoms with Crippen LogP contribution in [0.25, 0.3) is 0 Å². The van der Waals surface area contributed by atoms with Crippen molar-refractivity contribution in [1.82, 2.24) is 15.1 Å². The Morgan fingerprint density at radius 2 is 1.82 bits per heavy atom. The summed E-state index contributed by atoms with van der Waals surface area (Å²) in [6, 6.07) is 0.881. The van der Waals surface area contributed by atoms with Crippen LogP contribution in [-0.2, 0) is 0 Å². The van der Waals surface area contributed by atoms with Crippen molar-refractivity contribution < 1.29 is 0 Å². The predicted molar refractivity (Wildman–Crippen MR) is 73.4 cm³/mol. The molecule has 1 aliphatic heterocycles. The summed E-state index contributed by atoms with van der Waals surface area (Å²) >= 11 is 0. The first-order valence-electron chi connectivity index (χ1n) is 7.49. The normalized spacial score (nSPS) is 24.4. The molecule has 0 atom stereocenters. The van der Waals surface area contributed by atoms with Gasteiger partial charge in [-0.05, 0) is 39.4 Å². The molecule has 0 amide bonds. The van der Waals surface area contributed by atoms with E-state index in [0.29, 0.717) is 0 Å². The Kier molecular flexibility index (Phi) is 5.75. The van der Waals surface area contributed by atoms with Crippen LogP contribution in [0.3, 0.4) is 0 Å². The molecule has 2 rings (SSSR count). The molecule has 0 aromatic heterocycles. The largest absolute Gasteiger partial charge is 0.314 e. The van der Waals surface area contributed by atoms with Crippen LogP contribution < -0.4 is 5.32 Å². The number of rotatable bonds is 5. The maximum Gasteiger partial charge on any atom is 0.0107 e. The van der Waals surface area contributed by atoms with Gasteiger partial charge in [-0.2, -0.15) is 0 Å². The van der Waals surface area contributed by atoms with E-state index in [1.54, 1.807) is 0 Å². The number of piperazine rings is 1. The van der Waals surface area contributed by atoms with E-state index in [4.69, 9.17) is 0 Å². The third-order valence-electron chi connectivity index (χ3n) is 4.39. The minimum Gasteiger partial charge on any atom is -0.314 e. The lowest BCUT2D eigenvalue weighted by molar-refractivity contribution is 0.172. The summed E-state index contributed by atoms with van der Waals surface area (Å²) in [6.07, 6.45) is 8.58. The second-order valence-electron chi connectivity index (χ2n) is 5.72. The fourth-order valence-electron chi connectivity index (χ4n) is 3.18. The highest BCUT2D eigenvalue weighted by Crippen LogP contribution is 2.21.